The number of methoxy groups -OCH3 is 3. The third-order valence-corrected chi connectivity index (χ3v) is 6.25. The van der Waals surface area contributed by atoms with Crippen molar-refractivity contribution in [3.8, 4) is 11.8 Å². The van der Waals surface area contributed by atoms with Crippen LogP contribution < -0.4 is 20.5 Å². The fourth-order valence-corrected chi connectivity index (χ4v) is 4.53. The van der Waals surface area contributed by atoms with Crippen LogP contribution in [0.1, 0.15) is 11.5 Å². The van der Waals surface area contributed by atoms with Gasteiger partial charge in [-0.15, -0.1) is 0 Å². The third-order valence-electron chi connectivity index (χ3n) is 5.32. The van der Waals surface area contributed by atoms with Crippen LogP contribution in [-0.4, -0.2) is 41.7 Å². The molecule has 1 aliphatic rings. The monoisotopic (exact) mass is 498 g/mol. The number of anilines is 1. The second-order valence-electron chi connectivity index (χ2n) is 7.22. The van der Waals surface area contributed by atoms with Gasteiger partial charge in [0.1, 0.15) is 22.2 Å². The van der Waals surface area contributed by atoms with Gasteiger partial charge in [0.15, 0.2) is 0 Å². The van der Waals surface area contributed by atoms with Crippen molar-refractivity contribution in [3.63, 3.8) is 0 Å². The topological polar surface area (TPSA) is 175 Å². The highest BCUT2D eigenvalue weighted by Crippen LogP contribution is 2.44. The maximum atomic E-state index is 13.0. The number of nitrogens with zero attached hydrogens (tertiary/aromatic N) is 2. The molecule has 3 rings (SSSR count). The Labute approximate surface area is 201 Å². The fraction of sp³-hybridized carbons (Fsp3) is 0.174. The summed E-state index contributed by atoms with van der Waals surface area (Å²) in [4.78, 5) is 26.7. The minimum Gasteiger partial charge on any atom is -0.495 e. The van der Waals surface area contributed by atoms with Crippen LogP contribution in [0.5, 0.6) is 5.75 Å². The molecule has 0 radical (unpaired) electrons. The molecule has 2 aromatic rings. The number of hydrogen-bond acceptors (Lipinski definition) is 10. The van der Waals surface area contributed by atoms with E-state index >= 15 is 0 Å². The summed E-state index contributed by atoms with van der Waals surface area (Å²) in [7, 11) is -0.794. The van der Waals surface area contributed by atoms with E-state index in [1.54, 1.807) is 30.3 Å². The fourth-order valence-electron chi connectivity index (χ4n) is 3.81. The molecule has 0 spiro atoms. The Kier molecular flexibility index (Phi) is 7.14. The standard InChI is InChI=1S/C23H22N4O7S/c1-32-16-10-9-14(11-17(16)35(26,30)31)27-20(23(29)34-3)19(22(28)33-2)18(15(12-24)21(27)25)13-7-5-4-6-8-13/h4-11,18H,25H2,1-3H3,(H2,26,30,31). The van der Waals surface area contributed by atoms with E-state index in [1.807, 2.05) is 6.07 Å². The van der Waals surface area contributed by atoms with Crippen LogP contribution in [0.2, 0.25) is 0 Å². The highest BCUT2D eigenvalue weighted by atomic mass is 32.2. The quantitative estimate of drug-likeness (QED) is 0.551. The van der Waals surface area contributed by atoms with Crippen LogP contribution in [-0.2, 0) is 29.1 Å². The Balaban J connectivity index is 2.45. The van der Waals surface area contributed by atoms with E-state index in [0.717, 1.165) is 25.2 Å². The number of nitrogens with two attached hydrogens (primary N) is 2. The molecule has 1 heterocycles. The van der Waals surface area contributed by atoms with Crippen LogP contribution in [0.4, 0.5) is 5.69 Å². The van der Waals surface area contributed by atoms with E-state index in [-0.39, 0.29) is 34.1 Å². The average molecular weight is 499 g/mol. The predicted molar refractivity (Wildman–Crippen MR) is 124 cm³/mol. The lowest BCUT2D eigenvalue weighted by atomic mass is 9.81. The lowest BCUT2D eigenvalue weighted by Crippen LogP contribution is -2.40. The maximum Gasteiger partial charge on any atom is 0.355 e. The molecule has 0 aromatic heterocycles. The Hall–Kier alpha value is -4.34. The molecular formula is C23H22N4O7S. The number of rotatable bonds is 6. The molecule has 4 N–H and O–H groups in total. The normalized spacial score (nSPS) is 16.0. The van der Waals surface area contributed by atoms with Gasteiger partial charge in [0.05, 0.1) is 44.5 Å². The van der Waals surface area contributed by atoms with Gasteiger partial charge in [0.2, 0.25) is 10.0 Å². The Morgan fingerprint density at radius 3 is 2.17 bits per heavy atom. The number of esters is 2. The molecule has 12 heteroatoms. The first-order valence-electron chi connectivity index (χ1n) is 9.97. The van der Waals surface area contributed by atoms with Crippen molar-refractivity contribution < 1.29 is 32.2 Å². The highest BCUT2D eigenvalue weighted by Gasteiger charge is 2.43. The summed E-state index contributed by atoms with van der Waals surface area (Å²) < 4.78 is 39.3. The zero-order valence-electron chi connectivity index (χ0n) is 19.0. The minimum atomic E-state index is -4.27. The largest absolute Gasteiger partial charge is 0.495 e. The second kappa shape index (κ2) is 9.88. The maximum absolute atomic E-state index is 13.0. The highest BCUT2D eigenvalue weighted by molar-refractivity contribution is 7.89. The second-order valence-corrected chi connectivity index (χ2v) is 8.75. The molecule has 11 nitrogen and oxygen atoms in total. The lowest BCUT2D eigenvalue weighted by molar-refractivity contribution is -0.139. The average Bonchev–Trinajstić information content (AvgIpc) is 2.86. The first-order chi connectivity index (χ1) is 16.6. The molecule has 0 saturated carbocycles. The van der Waals surface area contributed by atoms with E-state index < -0.39 is 32.8 Å². The number of primary sulfonamides is 1. The molecule has 35 heavy (non-hydrogen) atoms. The van der Waals surface area contributed by atoms with Crippen molar-refractivity contribution in [2.75, 3.05) is 26.2 Å². The van der Waals surface area contributed by atoms with E-state index in [0.29, 0.717) is 5.56 Å². The molecule has 0 bridgehead atoms. The Bertz CT molecular complexity index is 1390. The van der Waals surface area contributed by atoms with E-state index in [1.165, 1.54) is 19.2 Å². The van der Waals surface area contributed by atoms with Gasteiger partial charge in [0.25, 0.3) is 0 Å². The molecule has 0 saturated heterocycles. The van der Waals surface area contributed by atoms with Gasteiger partial charge in [-0.1, -0.05) is 30.3 Å². The first-order valence-corrected chi connectivity index (χ1v) is 11.5. The summed E-state index contributed by atoms with van der Waals surface area (Å²) in [6, 6.07) is 14.3. The summed E-state index contributed by atoms with van der Waals surface area (Å²) in [6.45, 7) is 0. The van der Waals surface area contributed by atoms with E-state index in [4.69, 9.17) is 25.1 Å². The summed E-state index contributed by atoms with van der Waals surface area (Å²) in [5.74, 6) is -3.23. The number of hydrogen-bond donors (Lipinski definition) is 2. The number of allylic oxidation sites excluding steroid dienone is 1. The molecule has 182 valence electrons. The molecule has 0 aliphatic carbocycles. The van der Waals surface area contributed by atoms with Crippen LogP contribution in [0.3, 0.4) is 0 Å². The summed E-state index contributed by atoms with van der Waals surface area (Å²) in [6.07, 6.45) is 0. The van der Waals surface area contributed by atoms with Gasteiger partial charge in [0, 0.05) is 5.69 Å². The number of benzene rings is 2. The van der Waals surface area contributed by atoms with Gasteiger partial charge >= 0.3 is 11.9 Å². The molecule has 2 aromatic carbocycles. The van der Waals surface area contributed by atoms with Gasteiger partial charge in [-0.25, -0.2) is 23.1 Å². The molecule has 1 unspecified atom stereocenters. The molecule has 0 fully saturated rings. The molecular weight excluding hydrogens is 476 g/mol. The Morgan fingerprint density at radius 1 is 1.03 bits per heavy atom. The van der Waals surface area contributed by atoms with Crippen LogP contribution >= 0.6 is 0 Å². The first kappa shape index (κ1) is 25.3. The molecule has 1 aliphatic heterocycles. The van der Waals surface area contributed by atoms with Crippen molar-refractivity contribution >= 4 is 27.6 Å². The van der Waals surface area contributed by atoms with Crippen LogP contribution in [0.15, 0.2) is 76.1 Å². The molecule has 1 atom stereocenters. The number of sulfonamides is 1. The zero-order chi connectivity index (χ0) is 25.9. The zero-order valence-corrected chi connectivity index (χ0v) is 19.8. The van der Waals surface area contributed by atoms with E-state index in [9.17, 15) is 23.3 Å². The smallest absolute Gasteiger partial charge is 0.355 e. The van der Waals surface area contributed by atoms with Crippen molar-refractivity contribution in [2.24, 2.45) is 10.9 Å². The number of ether oxygens (including phenoxy) is 3. The summed E-state index contributed by atoms with van der Waals surface area (Å²) >= 11 is 0. The summed E-state index contributed by atoms with van der Waals surface area (Å²) in [5, 5.41) is 15.4. The van der Waals surface area contributed by atoms with Crippen molar-refractivity contribution in [2.45, 2.75) is 10.8 Å². The van der Waals surface area contributed by atoms with Crippen molar-refractivity contribution in [1.29, 1.82) is 5.26 Å². The SMILES string of the molecule is COC(=O)C1=C(C(=O)OC)N(c2ccc(OC)c(S(N)(=O)=O)c2)C(N)=C(C#N)C1c1ccccc1. The Morgan fingerprint density at radius 2 is 1.66 bits per heavy atom. The number of nitriles is 1. The van der Waals surface area contributed by atoms with Gasteiger partial charge in [-0.3, -0.25) is 4.90 Å². The predicted octanol–water partition coefficient (Wildman–Crippen LogP) is 1.24. The number of carbonyl (C=O) groups is 2. The lowest BCUT2D eigenvalue weighted by Gasteiger charge is -2.36. The van der Waals surface area contributed by atoms with Gasteiger partial charge in [-0.2, -0.15) is 5.26 Å². The third kappa shape index (κ3) is 4.54. The van der Waals surface area contributed by atoms with Crippen molar-refractivity contribution in [3.05, 3.63) is 76.8 Å². The van der Waals surface area contributed by atoms with E-state index in [2.05, 4.69) is 0 Å². The summed E-state index contributed by atoms with van der Waals surface area (Å²) in [5.41, 5.74) is 6.25. The van der Waals surface area contributed by atoms with Crippen LogP contribution in [0.25, 0.3) is 0 Å². The van der Waals surface area contributed by atoms with Crippen LogP contribution in [0, 0.1) is 11.3 Å². The minimum absolute atomic E-state index is 0.00777. The van der Waals surface area contributed by atoms with Gasteiger partial charge in [-0.05, 0) is 23.8 Å². The number of carbonyl (C=O) groups excluding carboxylic acids is 2. The molecule has 0 amide bonds. The van der Waals surface area contributed by atoms with Crippen molar-refractivity contribution in [1.82, 2.24) is 0 Å². The van der Waals surface area contributed by atoms with Gasteiger partial charge < -0.3 is 19.9 Å².